The molecule has 2 aromatic rings. The van der Waals surface area contributed by atoms with Gasteiger partial charge in [-0.1, -0.05) is 23.9 Å². The lowest BCUT2D eigenvalue weighted by Crippen LogP contribution is -2.34. The highest BCUT2D eigenvalue weighted by atomic mass is 32.2. The molecule has 3 aliphatic rings. The maximum atomic E-state index is 13.0. The standard InChI is InChI=1S/C21H26N4O2S/c1-27-18-10-2-14(3-11-18)12-24(16-6-7-16)19(26)13-28-21-23-22-20(15-4-5-15)25(21)17-8-9-17/h2-3,10-11,15-17H,4-9,12-13H2,1H3. The van der Waals surface area contributed by atoms with Crippen LogP contribution in [0.1, 0.15) is 61.9 Å². The molecule has 3 aliphatic carbocycles. The Morgan fingerprint density at radius 2 is 1.89 bits per heavy atom. The molecule has 0 unspecified atom stereocenters. The highest BCUT2D eigenvalue weighted by molar-refractivity contribution is 7.99. The lowest BCUT2D eigenvalue weighted by Gasteiger charge is -2.22. The molecule has 28 heavy (non-hydrogen) atoms. The number of ether oxygens (including phenoxy) is 1. The summed E-state index contributed by atoms with van der Waals surface area (Å²) in [6.45, 7) is 0.663. The van der Waals surface area contributed by atoms with Crippen LogP contribution in [0, 0.1) is 0 Å². The maximum absolute atomic E-state index is 13.0. The smallest absolute Gasteiger partial charge is 0.233 e. The first-order valence-corrected chi connectivity index (χ1v) is 11.2. The number of aromatic nitrogens is 3. The van der Waals surface area contributed by atoms with E-state index in [0.29, 0.717) is 30.3 Å². The largest absolute Gasteiger partial charge is 0.497 e. The van der Waals surface area contributed by atoms with Gasteiger partial charge in [-0.2, -0.15) is 0 Å². The number of carbonyl (C=O) groups is 1. The molecular formula is C21H26N4O2S. The van der Waals surface area contributed by atoms with Crippen LogP contribution in [0.4, 0.5) is 0 Å². The van der Waals surface area contributed by atoms with Crippen LogP contribution in [0.3, 0.4) is 0 Å². The first kappa shape index (κ1) is 18.0. The summed E-state index contributed by atoms with van der Waals surface area (Å²) in [7, 11) is 1.67. The number of hydrogen-bond acceptors (Lipinski definition) is 5. The monoisotopic (exact) mass is 398 g/mol. The van der Waals surface area contributed by atoms with Crippen molar-refractivity contribution in [3.8, 4) is 5.75 Å². The Kier molecular flexibility index (Phi) is 4.78. The fourth-order valence-electron chi connectivity index (χ4n) is 3.63. The van der Waals surface area contributed by atoms with Gasteiger partial charge in [0.25, 0.3) is 0 Å². The van der Waals surface area contributed by atoms with E-state index in [1.165, 1.54) is 25.7 Å². The van der Waals surface area contributed by atoms with Crippen molar-refractivity contribution >= 4 is 17.7 Å². The summed E-state index contributed by atoms with van der Waals surface area (Å²) in [5, 5.41) is 9.80. The molecule has 0 bridgehead atoms. The van der Waals surface area contributed by atoms with Crippen molar-refractivity contribution < 1.29 is 9.53 Å². The molecule has 6 nitrogen and oxygen atoms in total. The molecule has 1 heterocycles. The average Bonchev–Trinajstić information content (AvgIpc) is 3.57. The van der Waals surface area contributed by atoms with Crippen LogP contribution >= 0.6 is 11.8 Å². The number of benzene rings is 1. The first-order chi connectivity index (χ1) is 13.7. The summed E-state index contributed by atoms with van der Waals surface area (Å²) in [6.07, 6.45) is 7.10. The minimum atomic E-state index is 0.196. The van der Waals surface area contributed by atoms with Crippen LogP contribution in [0.25, 0.3) is 0 Å². The van der Waals surface area contributed by atoms with Crippen LogP contribution in [0.2, 0.25) is 0 Å². The highest BCUT2D eigenvalue weighted by Gasteiger charge is 2.37. The predicted molar refractivity (Wildman–Crippen MR) is 108 cm³/mol. The number of carbonyl (C=O) groups excluding carboxylic acids is 1. The number of thioether (sulfide) groups is 1. The van der Waals surface area contributed by atoms with E-state index in [9.17, 15) is 4.79 Å². The molecule has 0 N–H and O–H groups in total. The number of nitrogens with zero attached hydrogens (tertiary/aromatic N) is 4. The third kappa shape index (κ3) is 3.90. The van der Waals surface area contributed by atoms with E-state index in [2.05, 4.69) is 14.8 Å². The Balaban J connectivity index is 1.24. The highest BCUT2D eigenvalue weighted by Crippen LogP contribution is 2.46. The molecule has 1 amide bonds. The van der Waals surface area contributed by atoms with Crippen molar-refractivity contribution in [3.63, 3.8) is 0 Å². The summed E-state index contributed by atoms with van der Waals surface area (Å²) in [5.41, 5.74) is 1.14. The summed E-state index contributed by atoms with van der Waals surface area (Å²) in [5.74, 6) is 3.21. The Hall–Kier alpha value is -2.02. The molecule has 5 rings (SSSR count). The lowest BCUT2D eigenvalue weighted by atomic mass is 10.2. The normalized spacial score (nSPS) is 18.9. The zero-order chi connectivity index (χ0) is 19.1. The molecule has 1 aromatic carbocycles. The topological polar surface area (TPSA) is 60.2 Å². The van der Waals surface area contributed by atoms with Gasteiger partial charge in [-0.05, 0) is 56.2 Å². The van der Waals surface area contributed by atoms with Crippen molar-refractivity contribution in [3.05, 3.63) is 35.7 Å². The average molecular weight is 399 g/mol. The van der Waals surface area contributed by atoms with Gasteiger partial charge in [0.1, 0.15) is 11.6 Å². The molecule has 7 heteroatoms. The second kappa shape index (κ2) is 7.43. The minimum Gasteiger partial charge on any atom is -0.497 e. The Bertz CT molecular complexity index is 854. The van der Waals surface area contributed by atoms with Gasteiger partial charge in [-0.15, -0.1) is 10.2 Å². The van der Waals surface area contributed by atoms with Gasteiger partial charge in [0.15, 0.2) is 5.16 Å². The summed E-state index contributed by atoms with van der Waals surface area (Å²) in [6, 6.07) is 8.94. The number of amides is 1. The Labute approximate surface area is 169 Å². The van der Waals surface area contributed by atoms with E-state index < -0.39 is 0 Å². The van der Waals surface area contributed by atoms with Gasteiger partial charge in [-0.3, -0.25) is 4.79 Å². The summed E-state index contributed by atoms with van der Waals surface area (Å²) >= 11 is 1.56. The molecule has 0 spiro atoms. The Morgan fingerprint density at radius 1 is 1.14 bits per heavy atom. The molecule has 0 aliphatic heterocycles. The predicted octanol–water partition coefficient (Wildman–Crippen LogP) is 3.78. The van der Waals surface area contributed by atoms with Crippen LogP contribution in [-0.2, 0) is 11.3 Å². The quantitative estimate of drug-likeness (QED) is 0.602. The third-order valence-electron chi connectivity index (χ3n) is 5.69. The molecule has 3 fully saturated rings. The van der Waals surface area contributed by atoms with Crippen molar-refractivity contribution in [2.75, 3.05) is 12.9 Å². The maximum Gasteiger partial charge on any atom is 0.233 e. The molecule has 3 saturated carbocycles. The second-order valence-electron chi connectivity index (χ2n) is 8.11. The summed E-state index contributed by atoms with van der Waals surface area (Å²) in [4.78, 5) is 15.0. The molecule has 148 valence electrons. The SMILES string of the molecule is COc1ccc(CN(C(=O)CSc2nnc(C3CC3)n2C2CC2)C2CC2)cc1. The summed E-state index contributed by atoms with van der Waals surface area (Å²) < 4.78 is 7.55. The van der Waals surface area contributed by atoms with Gasteiger partial charge >= 0.3 is 0 Å². The number of hydrogen-bond donors (Lipinski definition) is 0. The molecule has 0 radical (unpaired) electrons. The minimum absolute atomic E-state index is 0.196. The van der Waals surface area contributed by atoms with E-state index in [1.807, 2.05) is 29.2 Å². The van der Waals surface area contributed by atoms with Gasteiger partial charge in [0, 0.05) is 24.5 Å². The van der Waals surface area contributed by atoms with Crippen molar-refractivity contribution in [2.24, 2.45) is 0 Å². The molecule has 1 aromatic heterocycles. The molecular weight excluding hydrogens is 372 g/mol. The lowest BCUT2D eigenvalue weighted by molar-refractivity contribution is -0.129. The van der Waals surface area contributed by atoms with Gasteiger partial charge in [-0.25, -0.2) is 0 Å². The van der Waals surface area contributed by atoms with Gasteiger partial charge < -0.3 is 14.2 Å². The Morgan fingerprint density at radius 3 is 2.50 bits per heavy atom. The van der Waals surface area contributed by atoms with E-state index in [0.717, 1.165) is 35.1 Å². The molecule has 0 atom stereocenters. The van der Waals surface area contributed by atoms with Crippen LogP contribution in [0.15, 0.2) is 29.4 Å². The molecule has 0 saturated heterocycles. The zero-order valence-electron chi connectivity index (χ0n) is 16.2. The van der Waals surface area contributed by atoms with E-state index >= 15 is 0 Å². The third-order valence-corrected chi connectivity index (χ3v) is 6.62. The van der Waals surface area contributed by atoms with Crippen LogP contribution in [0.5, 0.6) is 5.75 Å². The van der Waals surface area contributed by atoms with Gasteiger partial charge in [0.05, 0.1) is 12.9 Å². The van der Waals surface area contributed by atoms with Crippen LogP contribution < -0.4 is 4.74 Å². The van der Waals surface area contributed by atoms with Gasteiger partial charge in [0.2, 0.25) is 5.91 Å². The van der Waals surface area contributed by atoms with E-state index in [4.69, 9.17) is 4.74 Å². The van der Waals surface area contributed by atoms with E-state index in [-0.39, 0.29) is 5.91 Å². The number of methoxy groups -OCH3 is 1. The fraction of sp³-hybridized carbons (Fsp3) is 0.571. The zero-order valence-corrected chi connectivity index (χ0v) is 17.0. The van der Waals surface area contributed by atoms with Crippen molar-refractivity contribution in [2.45, 2.75) is 68.2 Å². The second-order valence-corrected chi connectivity index (χ2v) is 9.05. The fourth-order valence-corrected chi connectivity index (χ4v) is 4.53. The number of rotatable bonds is 9. The first-order valence-electron chi connectivity index (χ1n) is 10.2. The van der Waals surface area contributed by atoms with Crippen LogP contribution in [-0.4, -0.2) is 44.5 Å². The van der Waals surface area contributed by atoms with E-state index in [1.54, 1.807) is 18.9 Å². The van der Waals surface area contributed by atoms with Crippen molar-refractivity contribution in [1.29, 1.82) is 0 Å². The van der Waals surface area contributed by atoms with Crippen molar-refractivity contribution in [1.82, 2.24) is 19.7 Å².